The van der Waals surface area contributed by atoms with Crippen LogP contribution in [0.3, 0.4) is 0 Å². The molecule has 1 aliphatic carbocycles. The number of nitrogens with zero attached hydrogens (tertiary/aromatic N) is 1. The maximum Gasteiger partial charge on any atom is 0.225 e. The Morgan fingerprint density at radius 1 is 1.18 bits per heavy atom. The van der Waals surface area contributed by atoms with Crippen LogP contribution in [-0.4, -0.2) is 30.4 Å². The Morgan fingerprint density at radius 2 is 1.82 bits per heavy atom. The molecule has 1 fully saturated rings. The lowest BCUT2D eigenvalue weighted by Crippen LogP contribution is -2.40. The summed E-state index contributed by atoms with van der Waals surface area (Å²) in [6.07, 6.45) is 9.46. The Morgan fingerprint density at radius 3 is 2.35 bits per heavy atom. The normalized spacial score (nSPS) is 17.8. The summed E-state index contributed by atoms with van der Waals surface area (Å²) in [5.74, 6) is 0.645. The van der Waals surface area contributed by atoms with Crippen LogP contribution in [0, 0.1) is 5.92 Å². The van der Waals surface area contributed by atoms with Gasteiger partial charge in [0.05, 0.1) is 0 Å². The Labute approximate surface area is 106 Å². The fourth-order valence-corrected chi connectivity index (χ4v) is 2.62. The van der Waals surface area contributed by atoms with E-state index in [9.17, 15) is 4.79 Å². The van der Waals surface area contributed by atoms with Crippen molar-refractivity contribution in [2.45, 2.75) is 58.3 Å². The molecule has 1 rings (SSSR count). The Hall–Kier alpha value is -0.570. The molecule has 0 saturated heterocycles. The molecule has 0 atom stereocenters. The number of carbonyl (C=O) groups is 1. The van der Waals surface area contributed by atoms with E-state index in [1.807, 2.05) is 4.90 Å². The number of nitrogens with two attached hydrogens (primary N) is 1. The topological polar surface area (TPSA) is 46.3 Å². The predicted octanol–water partition coefficient (Wildman–Crippen LogP) is 2.54. The first-order valence-electron chi connectivity index (χ1n) is 7.28. The van der Waals surface area contributed by atoms with Crippen molar-refractivity contribution in [3.8, 4) is 0 Å². The lowest BCUT2D eigenvalue weighted by atomic mass is 9.98. The maximum absolute atomic E-state index is 12.4. The highest BCUT2D eigenvalue weighted by atomic mass is 16.2. The minimum atomic E-state index is 0.279. The molecule has 1 saturated carbocycles. The zero-order chi connectivity index (χ0) is 12.5. The number of unbranched alkanes of at least 4 members (excludes halogenated alkanes) is 1. The molecular formula is C14H28N2O. The van der Waals surface area contributed by atoms with Gasteiger partial charge in [-0.2, -0.15) is 0 Å². The summed E-state index contributed by atoms with van der Waals surface area (Å²) in [5.41, 5.74) is 5.61. The van der Waals surface area contributed by atoms with Crippen molar-refractivity contribution in [1.29, 1.82) is 0 Å². The lowest BCUT2D eigenvalue weighted by molar-refractivity contribution is -0.136. The second kappa shape index (κ2) is 8.51. The molecule has 0 heterocycles. The highest BCUT2D eigenvalue weighted by Gasteiger charge is 2.24. The van der Waals surface area contributed by atoms with E-state index in [2.05, 4.69) is 6.92 Å². The predicted molar refractivity (Wildman–Crippen MR) is 71.7 cm³/mol. The van der Waals surface area contributed by atoms with Gasteiger partial charge >= 0.3 is 0 Å². The third kappa shape index (κ3) is 5.07. The zero-order valence-corrected chi connectivity index (χ0v) is 11.3. The summed E-state index contributed by atoms with van der Waals surface area (Å²) >= 11 is 0. The molecule has 100 valence electrons. The van der Waals surface area contributed by atoms with Gasteiger partial charge in [0.25, 0.3) is 0 Å². The number of hydrogen-bond donors (Lipinski definition) is 1. The average Bonchev–Trinajstić information content (AvgIpc) is 2.62. The van der Waals surface area contributed by atoms with Crippen LogP contribution in [-0.2, 0) is 4.79 Å². The van der Waals surface area contributed by atoms with Gasteiger partial charge in [-0.15, -0.1) is 0 Å². The molecular weight excluding hydrogens is 212 g/mol. The molecule has 1 aliphatic rings. The fraction of sp³-hybridized carbons (Fsp3) is 0.929. The molecule has 0 aromatic heterocycles. The average molecular weight is 240 g/mol. The largest absolute Gasteiger partial charge is 0.341 e. The SMILES string of the molecule is CCCCN(CCN)C(=O)C1CCCCCC1. The van der Waals surface area contributed by atoms with Crippen LogP contribution in [0.25, 0.3) is 0 Å². The van der Waals surface area contributed by atoms with Crippen molar-refractivity contribution in [2.24, 2.45) is 11.7 Å². The Bertz CT molecular complexity index is 210. The molecule has 3 heteroatoms. The maximum atomic E-state index is 12.4. The molecule has 0 spiro atoms. The lowest BCUT2D eigenvalue weighted by Gasteiger charge is -2.26. The monoisotopic (exact) mass is 240 g/mol. The molecule has 0 aliphatic heterocycles. The molecule has 0 unspecified atom stereocenters. The van der Waals surface area contributed by atoms with Crippen LogP contribution in [0.5, 0.6) is 0 Å². The van der Waals surface area contributed by atoms with Crippen LogP contribution in [0.2, 0.25) is 0 Å². The van der Waals surface area contributed by atoms with Crippen LogP contribution in [0.1, 0.15) is 58.3 Å². The summed E-state index contributed by atoms with van der Waals surface area (Å²) in [5, 5.41) is 0. The van der Waals surface area contributed by atoms with Crippen molar-refractivity contribution in [3.63, 3.8) is 0 Å². The molecule has 0 aromatic carbocycles. The van der Waals surface area contributed by atoms with E-state index in [0.717, 1.165) is 38.8 Å². The van der Waals surface area contributed by atoms with Gasteiger partial charge in [-0.3, -0.25) is 4.79 Å². The van der Waals surface area contributed by atoms with Gasteiger partial charge in [-0.1, -0.05) is 39.0 Å². The molecule has 0 bridgehead atoms. The van der Waals surface area contributed by atoms with E-state index in [0.29, 0.717) is 12.5 Å². The van der Waals surface area contributed by atoms with E-state index < -0.39 is 0 Å². The highest BCUT2D eigenvalue weighted by molar-refractivity contribution is 5.78. The van der Waals surface area contributed by atoms with Gasteiger partial charge in [0, 0.05) is 25.6 Å². The minimum absolute atomic E-state index is 0.279. The van der Waals surface area contributed by atoms with E-state index in [1.165, 1.54) is 25.7 Å². The third-order valence-electron chi connectivity index (χ3n) is 3.70. The summed E-state index contributed by atoms with van der Waals surface area (Å²) in [7, 11) is 0. The second-order valence-electron chi connectivity index (χ2n) is 5.16. The van der Waals surface area contributed by atoms with Gasteiger partial charge in [0.1, 0.15) is 0 Å². The van der Waals surface area contributed by atoms with Crippen LogP contribution in [0.15, 0.2) is 0 Å². The van der Waals surface area contributed by atoms with Gasteiger partial charge in [-0.05, 0) is 19.3 Å². The van der Waals surface area contributed by atoms with E-state index >= 15 is 0 Å². The second-order valence-corrected chi connectivity index (χ2v) is 5.16. The number of rotatable bonds is 6. The third-order valence-corrected chi connectivity index (χ3v) is 3.70. The molecule has 0 radical (unpaired) electrons. The van der Waals surface area contributed by atoms with Gasteiger partial charge in [0.2, 0.25) is 5.91 Å². The van der Waals surface area contributed by atoms with Crippen molar-refractivity contribution in [2.75, 3.05) is 19.6 Å². The molecule has 3 nitrogen and oxygen atoms in total. The zero-order valence-electron chi connectivity index (χ0n) is 11.3. The van der Waals surface area contributed by atoms with Crippen molar-refractivity contribution < 1.29 is 4.79 Å². The number of amides is 1. The standard InChI is InChI=1S/C14H28N2O/c1-2-3-11-16(12-10-15)14(17)13-8-6-4-5-7-9-13/h13H,2-12,15H2,1H3. The Kier molecular flexibility index (Phi) is 7.25. The van der Waals surface area contributed by atoms with E-state index in [1.54, 1.807) is 0 Å². The van der Waals surface area contributed by atoms with Gasteiger partial charge in [0.15, 0.2) is 0 Å². The molecule has 17 heavy (non-hydrogen) atoms. The first-order valence-corrected chi connectivity index (χ1v) is 7.28. The molecule has 1 amide bonds. The molecule has 2 N–H and O–H groups in total. The van der Waals surface area contributed by atoms with Crippen LogP contribution in [0.4, 0.5) is 0 Å². The Balaban J connectivity index is 2.48. The molecule has 0 aromatic rings. The smallest absolute Gasteiger partial charge is 0.225 e. The van der Waals surface area contributed by atoms with Crippen LogP contribution >= 0.6 is 0 Å². The van der Waals surface area contributed by atoms with Crippen LogP contribution < -0.4 is 5.73 Å². The van der Waals surface area contributed by atoms with Gasteiger partial charge in [-0.25, -0.2) is 0 Å². The summed E-state index contributed by atoms with van der Waals surface area (Å²) in [4.78, 5) is 14.4. The number of hydrogen-bond acceptors (Lipinski definition) is 2. The summed E-state index contributed by atoms with van der Waals surface area (Å²) in [6, 6.07) is 0. The van der Waals surface area contributed by atoms with E-state index in [-0.39, 0.29) is 5.92 Å². The quantitative estimate of drug-likeness (QED) is 0.725. The number of carbonyl (C=O) groups excluding carboxylic acids is 1. The fourth-order valence-electron chi connectivity index (χ4n) is 2.62. The van der Waals surface area contributed by atoms with Crippen molar-refractivity contribution in [1.82, 2.24) is 4.90 Å². The minimum Gasteiger partial charge on any atom is -0.341 e. The first-order chi connectivity index (χ1) is 8.29. The van der Waals surface area contributed by atoms with Crippen molar-refractivity contribution in [3.05, 3.63) is 0 Å². The highest BCUT2D eigenvalue weighted by Crippen LogP contribution is 2.24. The first kappa shape index (κ1) is 14.5. The van der Waals surface area contributed by atoms with Gasteiger partial charge < -0.3 is 10.6 Å². The van der Waals surface area contributed by atoms with E-state index in [4.69, 9.17) is 5.73 Å². The van der Waals surface area contributed by atoms with Crippen molar-refractivity contribution >= 4 is 5.91 Å². The summed E-state index contributed by atoms with van der Waals surface area (Å²) in [6.45, 7) is 4.37. The summed E-state index contributed by atoms with van der Waals surface area (Å²) < 4.78 is 0.